The fourth-order valence-electron chi connectivity index (χ4n) is 3.41. The average molecular weight is 379 g/mol. The molecule has 5 rings (SSSR count). The number of fused-ring (bicyclic) bond motifs is 2. The Morgan fingerprint density at radius 3 is 2.14 bits per heavy atom. The number of rotatable bonds is 4. The Labute approximate surface area is 167 Å². The number of hydrogen-bond acceptors (Lipinski definition) is 4. The molecule has 28 heavy (non-hydrogen) atoms. The van der Waals surface area contributed by atoms with Crippen LogP contribution in [0.15, 0.2) is 95.4 Å². The van der Waals surface area contributed by atoms with Crippen LogP contribution in [0.5, 0.6) is 0 Å². The summed E-state index contributed by atoms with van der Waals surface area (Å²) in [6.45, 7) is 0. The van der Waals surface area contributed by atoms with Gasteiger partial charge in [-0.25, -0.2) is 4.98 Å². The zero-order valence-electron chi connectivity index (χ0n) is 15.0. The van der Waals surface area contributed by atoms with Crippen LogP contribution in [0.2, 0.25) is 0 Å². The standard InChI is InChI=1S/C24H17N3S/c1-2-8-17(9-3-1)23-16-28-24(26-23)27-25-15-22-20-12-6-4-10-18(20)14-19-11-5-7-13-21(19)22/h1-16H,(H,26,27)/b25-15+. The number of anilines is 1. The van der Waals surface area contributed by atoms with Crippen molar-refractivity contribution >= 4 is 44.2 Å². The number of nitrogens with one attached hydrogen (secondary N) is 1. The lowest BCUT2D eigenvalue weighted by Gasteiger charge is -2.07. The molecule has 4 heteroatoms. The van der Waals surface area contributed by atoms with E-state index < -0.39 is 0 Å². The molecule has 134 valence electrons. The SMILES string of the molecule is C(=N\Nc1nc(-c2ccccc2)cs1)/c1c2ccccc2cc2ccccc12. The molecule has 0 unspecified atom stereocenters. The molecule has 4 aromatic carbocycles. The van der Waals surface area contributed by atoms with E-state index in [9.17, 15) is 0 Å². The summed E-state index contributed by atoms with van der Waals surface area (Å²) in [7, 11) is 0. The van der Waals surface area contributed by atoms with Gasteiger partial charge in [-0.15, -0.1) is 11.3 Å². The largest absolute Gasteiger partial charge is 0.253 e. The van der Waals surface area contributed by atoms with E-state index in [0.717, 1.165) is 22.0 Å². The van der Waals surface area contributed by atoms with Crippen LogP contribution in [0.3, 0.4) is 0 Å². The molecule has 3 nitrogen and oxygen atoms in total. The molecule has 1 heterocycles. The van der Waals surface area contributed by atoms with Gasteiger partial charge in [-0.2, -0.15) is 5.10 Å². The summed E-state index contributed by atoms with van der Waals surface area (Å²) in [6, 6.07) is 29.2. The van der Waals surface area contributed by atoms with Gasteiger partial charge in [0.25, 0.3) is 0 Å². The maximum absolute atomic E-state index is 4.63. The highest BCUT2D eigenvalue weighted by Gasteiger charge is 2.06. The second kappa shape index (κ2) is 7.25. The molecule has 0 atom stereocenters. The smallest absolute Gasteiger partial charge is 0.203 e. The average Bonchev–Trinajstić information content (AvgIpc) is 3.23. The van der Waals surface area contributed by atoms with Gasteiger partial charge in [-0.3, -0.25) is 5.43 Å². The number of hydrazone groups is 1. The Morgan fingerprint density at radius 2 is 1.43 bits per heavy atom. The van der Waals surface area contributed by atoms with Crippen LogP contribution < -0.4 is 5.43 Å². The number of hydrogen-bond donors (Lipinski definition) is 1. The van der Waals surface area contributed by atoms with E-state index in [2.05, 4.69) is 82.2 Å². The Morgan fingerprint density at radius 1 is 0.786 bits per heavy atom. The van der Waals surface area contributed by atoms with Gasteiger partial charge < -0.3 is 0 Å². The summed E-state index contributed by atoms with van der Waals surface area (Å²) < 4.78 is 0. The maximum Gasteiger partial charge on any atom is 0.203 e. The first-order valence-electron chi connectivity index (χ1n) is 9.09. The lowest BCUT2D eigenvalue weighted by atomic mass is 9.97. The van der Waals surface area contributed by atoms with Crippen LogP contribution in [-0.2, 0) is 0 Å². The highest BCUT2D eigenvalue weighted by atomic mass is 32.1. The molecule has 0 radical (unpaired) electrons. The molecule has 0 aliphatic carbocycles. The van der Waals surface area contributed by atoms with Crippen molar-refractivity contribution in [2.24, 2.45) is 5.10 Å². The molecule has 0 saturated carbocycles. The minimum Gasteiger partial charge on any atom is -0.253 e. The van der Waals surface area contributed by atoms with Gasteiger partial charge in [0.1, 0.15) is 0 Å². The van der Waals surface area contributed by atoms with Crippen molar-refractivity contribution in [3.05, 3.63) is 95.9 Å². The Bertz CT molecular complexity index is 1240. The number of thiazole rings is 1. The first-order valence-corrected chi connectivity index (χ1v) is 9.97. The third-order valence-electron chi connectivity index (χ3n) is 4.74. The topological polar surface area (TPSA) is 37.3 Å². The quantitative estimate of drug-likeness (QED) is 0.218. The van der Waals surface area contributed by atoms with Gasteiger partial charge >= 0.3 is 0 Å². The highest BCUT2D eigenvalue weighted by Crippen LogP contribution is 2.28. The molecule has 0 fully saturated rings. The predicted octanol–water partition coefficient (Wildman–Crippen LogP) is 6.56. The van der Waals surface area contributed by atoms with Crippen molar-refractivity contribution in [1.29, 1.82) is 0 Å². The van der Waals surface area contributed by atoms with Crippen molar-refractivity contribution in [3.8, 4) is 11.3 Å². The zero-order chi connectivity index (χ0) is 18.8. The van der Waals surface area contributed by atoms with Gasteiger partial charge in [0, 0.05) is 16.5 Å². The van der Waals surface area contributed by atoms with Crippen LogP contribution in [0, 0.1) is 0 Å². The van der Waals surface area contributed by atoms with E-state index in [4.69, 9.17) is 0 Å². The Kier molecular flexibility index (Phi) is 4.31. The van der Waals surface area contributed by atoms with Gasteiger partial charge in [0.05, 0.1) is 11.9 Å². The van der Waals surface area contributed by atoms with E-state index in [0.29, 0.717) is 0 Å². The summed E-state index contributed by atoms with van der Waals surface area (Å²) in [5, 5.41) is 12.1. The Balaban J connectivity index is 1.48. The molecular formula is C24H17N3S. The molecule has 5 aromatic rings. The van der Waals surface area contributed by atoms with Crippen molar-refractivity contribution in [1.82, 2.24) is 4.98 Å². The predicted molar refractivity (Wildman–Crippen MR) is 120 cm³/mol. The van der Waals surface area contributed by atoms with E-state index in [1.165, 1.54) is 21.5 Å². The fraction of sp³-hybridized carbons (Fsp3) is 0. The van der Waals surface area contributed by atoms with Crippen molar-refractivity contribution in [3.63, 3.8) is 0 Å². The van der Waals surface area contributed by atoms with Crippen molar-refractivity contribution < 1.29 is 0 Å². The molecule has 1 N–H and O–H groups in total. The first-order chi connectivity index (χ1) is 13.9. The number of nitrogens with zero attached hydrogens (tertiary/aromatic N) is 2. The molecule has 0 aliphatic rings. The molecule has 0 bridgehead atoms. The van der Waals surface area contributed by atoms with Crippen LogP contribution in [0.25, 0.3) is 32.8 Å². The molecule has 0 amide bonds. The zero-order valence-corrected chi connectivity index (χ0v) is 15.9. The van der Waals surface area contributed by atoms with Crippen molar-refractivity contribution in [2.45, 2.75) is 0 Å². The third kappa shape index (κ3) is 3.15. The van der Waals surface area contributed by atoms with Gasteiger partial charge in [0.15, 0.2) is 0 Å². The monoisotopic (exact) mass is 379 g/mol. The van der Waals surface area contributed by atoms with Crippen LogP contribution in [-0.4, -0.2) is 11.2 Å². The maximum atomic E-state index is 4.63. The molecule has 0 aliphatic heterocycles. The van der Waals surface area contributed by atoms with Gasteiger partial charge in [0.2, 0.25) is 5.13 Å². The van der Waals surface area contributed by atoms with E-state index in [1.54, 1.807) is 11.3 Å². The normalized spacial score (nSPS) is 11.4. The van der Waals surface area contributed by atoms with Crippen LogP contribution >= 0.6 is 11.3 Å². The lowest BCUT2D eigenvalue weighted by Crippen LogP contribution is -1.93. The summed E-state index contributed by atoms with van der Waals surface area (Å²) in [5.74, 6) is 0. The summed E-state index contributed by atoms with van der Waals surface area (Å²) in [5.41, 5.74) is 6.27. The van der Waals surface area contributed by atoms with E-state index >= 15 is 0 Å². The van der Waals surface area contributed by atoms with E-state index in [1.807, 2.05) is 29.8 Å². The van der Waals surface area contributed by atoms with E-state index in [-0.39, 0.29) is 0 Å². The summed E-state index contributed by atoms with van der Waals surface area (Å²) in [6.07, 6.45) is 1.90. The second-order valence-electron chi connectivity index (χ2n) is 6.51. The fourth-order valence-corrected chi connectivity index (χ4v) is 4.08. The second-order valence-corrected chi connectivity index (χ2v) is 7.36. The minimum absolute atomic E-state index is 0.777. The van der Waals surface area contributed by atoms with Crippen molar-refractivity contribution in [2.75, 3.05) is 5.43 Å². The summed E-state index contributed by atoms with van der Waals surface area (Å²) in [4.78, 5) is 4.63. The van der Waals surface area contributed by atoms with Gasteiger partial charge in [-0.1, -0.05) is 78.9 Å². The third-order valence-corrected chi connectivity index (χ3v) is 5.49. The van der Waals surface area contributed by atoms with Crippen LogP contribution in [0.4, 0.5) is 5.13 Å². The lowest BCUT2D eigenvalue weighted by molar-refractivity contribution is 1.29. The number of aromatic nitrogens is 1. The summed E-state index contributed by atoms with van der Waals surface area (Å²) >= 11 is 1.55. The van der Waals surface area contributed by atoms with Gasteiger partial charge in [-0.05, 0) is 27.6 Å². The molecule has 0 spiro atoms. The minimum atomic E-state index is 0.777. The first kappa shape index (κ1) is 16.7. The number of benzene rings is 4. The Hall–Kier alpha value is -3.50. The van der Waals surface area contributed by atoms with Crippen LogP contribution in [0.1, 0.15) is 5.56 Å². The molecule has 0 saturated heterocycles. The molecular weight excluding hydrogens is 362 g/mol. The highest BCUT2D eigenvalue weighted by molar-refractivity contribution is 7.14. The molecule has 1 aromatic heterocycles.